The van der Waals surface area contributed by atoms with E-state index in [-0.39, 0.29) is 21.5 Å². The molecule has 2 aromatic heterocycles. The first-order valence-electron chi connectivity index (χ1n) is 7.46. The Labute approximate surface area is 148 Å². The Morgan fingerprint density at radius 1 is 1.36 bits per heavy atom. The maximum absolute atomic E-state index is 12.1. The Bertz CT molecular complexity index is 818. The maximum Gasteiger partial charge on any atom is 0.348 e. The molecule has 2 amide bonds. The number of rotatable bonds is 6. The molecule has 0 aromatic carbocycles. The van der Waals surface area contributed by atoms with E-state index in [1.807, 2.05) is 0 Å². The van der Waals surface area contributed by atoms with Gasteiger partial charge in [-0.3, -0.25) is 9.59 Å². The smallest absolute Gasteiger partial charge is 0.348 e. The molecule has 0 aliphatic heterocycles. The fourth-order valence-electron chi connectivity index (χ4n) is 2.06. The molecule has 0 aliphatic rings. The normalized spacial score (nSPS) is 11.0. The van der Waals surface area contributed by atoms with Gasteiger partial charge in [-0.25, -0.2) is 4.79 Å². The van der Waals surface area contributed by atoms with Gasteiger partial charge in [-0.1, -0.05) is 0 Å². The summed E-state index contributed by atoms with van der Waals surface area (Å²) in [4.78, 5) is 36.1. The molecule has 0 saturated carbocycles. The van der Waals surface area contributed by atoms with Crippen LogP contribution in [0.2, 0.25) is 0 Å². The van der Waals surface area contributed by atoms with E-state index in [0.717, 1.165) is 11.3 Å². The zero-order chi connectivity index (χ0) is 18.6. The maximum atomic E-state index is 12.1. The Morgan fingerprint density at radius 2 is 2.08 bits per heavy atom. The number of ether oxygens (including phenoxy) is 1. The van der Waals surface area contributed by atoms with Gasteiger partial charge in [0.1, 0.15) is 15.6 Å². The minimum Gasteiger partial charge on any atom is -0.465 e. The van der Waals surface area contributed by atoms with Crippen LogP contribution < -0.4 is 11.1 Å². The van der Waals surface area contributed by atoms with Gasteiger partial charge in [0.15, 0.2) is 0 Å². The molecule has 25 heavy (non-hydrogen) atoms. The molecule has 7 nitrogen and oxygen atoms in total. The van der Waals surface area contributed by atoms with Crippen LogP contribution in [0.15, 0.2) is 28.9 Å². The minimum absolute atomic E-state index is 0.0976. The second kappa shape index (κ2) is 7.80. The predicted molar refractivity (Wildman–Crippen MR) is 94.5 cm³/mol. The molecule has 132 valence electrons. The van der Waals surface area contributed by atoms with Crippen molar-refractivity contribution in [2.24, 2.45) is 5.73 Å². The van der Waals surface area contributed by atoms with Crippen molar-refractivity contribution in [3.05, 3.63) is 46.2 Å². The second-order valence-corrected chi connectivity index (χ2v) is 6.44. The molecule has 0 radical (unpaired) electrons. The summed E-state index contributed by atoms with van der Waals surface area (Å²) in [6.45, 7) is 5.03. The van der Waals surface area contributed by atoms with Gasteiger partial charge in [-0.15, -0.1) is 11.3 Å². The molecule has 0 bridgehead atoms. The lowest BCUT2D eigenvalue weighted by Gasteiger charge is -2.06. The van der Waals surface area contributed by atoms with E-state index in [4.69, 9.17) is 14.9 Å². The van der Waals surface area contributed by atoms with Crippen LogP contribution in [0.4, 0.5) is 5.00 Å². The highest BCUT2D eigenvalue weighted by Crippen LogP contribution is 2.33. The van der Waals surface area contributed by atoms with Gasteiger partial charge in [-0.2, -0.15) is 0 Å². The van der Waals surface area contributed by atoms with Crippen LogP contribution in [0.5, 0.6) is 0 Å². The van der Waals surface area contributed by atoms with E-state index in [1.54, 1.807) is 32.9 Å². The van der Waals surface area contributed by atoms with Gasteiger partial charge in [0.25, 0.3) is 5.91 Å². The largest absolute Gasteiger partial charge is 0.465 e. The van der Waals surface area contributed by atoms with Gasteiger partial charge in [0.05, 0.1) is 17.9 Å². The molecule has 2 aromatic rings. The Kier molecular flexibility index (Phi) is 5.76. The molecule has 2 heterocycles. The SMILES string of the molecule is Cc1c(C(=O)OC(C)C)sc(NC(=O)/C=C/c2ccco2)c1C(N)=O. The van der Waals surface area contributed by atoms with Gasteiger partial charge >= 0.3 is 5.97 Å². The lowest BCUT2D eigenvalue weighted by atomic mass is 10.1. The lowest BCUT2D eigenvalue weighted by Crippen LogP contribution is -2.16. The van der Waals surface area contributed by atoms with Crippen LogP contribution in [0, 0.1) is 6.92 Å². The van der Waals surface area contributed by atoms with E-state index < -0.39 is 17.8 Å². The summed E-state index contributed by atoms with van der Waals surface area (Å²) >= 11 is 0.952. The van der Waals surface area contributed by atoms with Gasteiger partial charge in [0, 0.05) is 6.08 Å². The highest BCUT2D eigenvalue weighted by molar-refractivity contribution is 7.18. The third kappa shape index (κ3) is 4.57. The summed E-state index contributed by atoms with van der Waals surface area (Å²) in [5.74, 6) is -1.27. The monoisotopic (exact) mass is 362 g/mol. The van der Waals surface area contributed by atoms with Crippen LogP contribution in [-0.4, -0.2) is 23.9 Å². The standard InChI is InChI=1S/C17H18N2O5S/c1-9(2)24-17(22)14-10(3)13(15(18)21)16(25-14)19-12(20)7-6-11-5-4-8-23-11/h4-9H,1-3H3,(H2,18,21)(H,19,20)/b7-6+. The molecule has 2 rings (SSSR count). The first-order chi connectivity index (χ1) is 11.8. The molecular weight excluding hydrogens is 344 g/mol. The number of carbonyl (C=O) groups excluding carboxylic acids is 3. The molecule has 0 spiro atoms. The summed E-state index contributed by atoms with van der Waals surface area (Å²) in [6.07, 6.45) is 3.91. The van der Waals surface area contributed by atoms with Gasteiger partial charge in [-0.05, 0) is 44.5 Å². The number of nitrogens with one attached hydrogen (secondary N) is 1. The number of primary amides is 1. The van der Waals surface area contributed by atoms with Gasteiger partial charge in [0.2, 0.25) is 5.91 Å². The van der Waals surface area contributed by atoms with Crippen molar-refractivity contribution in [1.82, 2.24) is 0 Å². The summed E-state index contributed by atoms with van der Waals surface area (Å²) in [6, 6.07) is 3.38. The number of amides is 2. The number of anilines is 1. The highest BCUT2D eigenvalue weighted by Gasteiger charge is 2.25. The van der Waals surface area contributed by atoms with Crippen LogP contribution in [-0.2, 0) is 9.53 Å². The molecule has 8 heteroatoms. The molecular formula is C17H18N2O5S. The number of hydrogen-bond acceptors (Lipinski definition) is 6. The summed E-state index contributed by atoms with van der Waals surface area (Å²) in [7, 11) is 0. The first-order valence-corrected chi connectivity index (χ1v) is 8.28. The zero-order valence-corrected chi connectivity index (χ0v) is 14.8. The Hall–Kier alpha value is -2.87. The van der Waals surface area contributed by atoms with E-state index >= 15 is 0 Å². The molecule has 0 saturated heterocycles. The summed E-state index contributed by atoms with van der Waals surface area (Å²) < 4.78 is 10.2. The van der Waals surface area contributed by atoms with Crippen molar-refractivity contribution in [3.8, 4) is 0 Å². The van der Waals surface area contributed by atoms with Crippen molar-refractivity contribution < 1.29 is 23.5 Å². The van der Waals surface area contributed by atoms with Crippen LogP contribution in [0.25, 0.3) is 6.08 Å². The quantitative estimate of drug-likeness (QED) is 0.606. The van der Waals surface area contributed by atoms with Crippen LogP contribution in [0.1, 0.15) is 45.2 Å². The number of hydrogen-bond donors (Lipinski definition) is 2. The molecule has 0 fully saturated rings. The van der Waals surface area contributed by atoms with Crippen molar-refractivity contribution in [2.75, 3.05) is 5.32 Å². The summed E-state index contributed by atoms with van der Waals surface area (Å²) in [5.41, 5.74) is 5.87. The number of furan rings is 1. The van der Waals surface area contributed by atoms with Gasteiger partial charge < -0.3 is 20.2 Å². The average molecular weight is 362 g/mol. The van der Waals surface area contributed by atoms with Crippen molar-refractivity contribution in [2.45, 2.75) is 26.9 Å². The van der Waals surface area contributed by atoms with E-state index in [9.17, 15) is 14.4 Å². The molecule has 3 N–H and O–H groups in total. The molecule has 0 aliphatic carbocycles. The van der Waals surface area contributed by atoms with Crippen LogP contribution >= 0.6 is 11.3 Å². The topological polar surface area (TPSA) is 112 Å². The predicted octanol–water partition coefficient (Wildman–Crippen LogP) is 2.97. The van der Waals surface area contributed by atoms with E-state index in [1.165, 1.54) is 18.4 Å². The fraction of sp³-hybridized carbons (Fsp3) is 0.235. The number of nitrogens with two attached hydrogens (primary N) is 1. The van der Waals surface area contributed by atoms with E-state index in [2.05, 4.69) is 5.32 Å². The van der Waals surface area contributed by atoms with Crippen molar-refractivity contribution in [1.29, 1.82) is 0 Å². The van der Waals surface area contributed by atoms with Crippen LogP contribution in [0.3, 0.4) is 0 Å². The number of esters is 1. The third-order valence-corrected chi connectivity index (χ3v) is 4.29. The Morgan fingerprint density at radius 3 is 2.64 bits per heavy atom. The highest BCUT2D eigenvalue weighted by atomic mass is 32.1. The molecule has 0 atom stereocenters. The minimum atomic E-state index is -0.734. The second-order valence-electron chi connectivity index (χ2n) is 5.42. The van der Waals surface area contributed by atoms with Crippen molar-refractivity contribution >= 4 is 40.2 Å². The van der Waals surface area contributed by atoms with E-state index in [0.29, 0.717) is 11.3 Å². The number of carbonyl (C=O) groups is 3. The first kappa shape index (κ1) is 18.5. The fourth-order valence-corrected chi connectivity index (χ4v) is 3.16. The average Bonchev–Trinajstić information content (AvgIpc) is 3.12. The number of thiophene rings is 1. The Balaban J connectivity index is 2.25. The molecule has 0 unspecified atom stereocenters. The summed E-state index contributed by atoms with van der Waals surface area (Å²) in [5, 5.41) is 2.77. The van der Waals surface area contributed by atoms with Crippen molar-refractivity contribution in [3.63, 3.8) is 0 Å². The zero-order valence-electron chi connectivity index (χ0n) is 14.0. The lowest BCUT2D eigenvalue weighted by molar-refractivity contribution is -0.111. The third-order valence-electron chi connectivity index (χ3n) is 3.10.